The van der Waals surface area contributed by atoms with Crippen LogP contribution in [0.15, 0.2) is 103 Å². The number of carbonyl (C=O) groups is 3. The van der Waals surface area contributed by atoms with E-state index >= 15 is 0 Å². The first-order chi connectivity index (χ1) is 21.7. The highest BCUT2D eigenvalue weighted by Gasteiger charge is 2.70. The molecule has 1 fully saturated rings. The van der Waals surface area contributed by atoms with Crippen LogP contribution in [0.5, 0.6) is 5.75 Å². The van der Waals surface area contributed by atoms with Gasteiger partial charge in [0, 0.05) is 35.1 Å². The molecular formula is C36H29N3O6. The minimum Gasteiger partial charge on any atom is -0.491 e. The molecule has 7 rings (SSSR count). The molecule has 3 heterocycles. The number of hydrogen-bond donors (Lipinski definition) is 1. The van der Waals surface area contributed by atoms with Crippen molar-refractivity contribution in [2.45, 2.75) is 37.5 Å². The zero-order chi connectivity index (χ0) is 31.5. The first kappa shape index (κ1) is 28.2. The number of hydrogen-bond acceptors (Lipinski definition) is 7. The van der Waals surface area contributed by atoms with Crippen molar-refractivity contribution in [3.05, 3.63) is 141 Å². The number of nitro groups is 1. The van der Waals surface area contributed by atoms with Crippen LogP contribution in [-0.4, -0.2) is 39.4 Å². The molecule has 4 aromatic rings. The number of nitro benzene ring substituents is 1. The normalized spacial score (nSPS) is 22.5. The molecule has 4 atom stereocenters. The van der Waals surface area contributed by atoms with Gasteiger partial charge in [-0.05, 0) is 66.9 Å². The summed E-state index contributed by atoms with van der Waals surface area (Å²) in [5, 5.41) is 14.7. The third-order valence-corrected chi connectivity index (χ3v) is 8.97. The molecule has 45 heavy (non-hydrogen) atoms. The van der Waals surface area contributed by atoms with Crippen molar-refractivity contribution < 1.29 is 24.0 Å². The summed E-state index contributed by atoms with van der Waals surface area (Å²) in [5.41, 5.74) is 1.48. The Bertz CT molecular complexity index is 1920. The molecule has 224 valence electrons. The Morgan fingerprint density at radius 1 is 0.911 bits per heavy atom. The zero-order valence-electron chi connectivity index (χ0n) is 24.5. The van der Waals surface area contributed by atoms with Crippen LogP contribution in [-0.2, 0) is 10.2 Å². The Labute approximate surface area is 259 Å². The van der Waals surface area contributed by atoms with Crippen LogP contribution < -0.4 is 10.1 Å². The van der Waals surface area contributed by atoms with E-state index in [-0.39, 0.29) is 23.1 Å². The maximum Gasteiger partial charge on any atom is 0.270 e. The van der Waals surface area contributed by atoms with E-state index in [9.17, 15) is 24.5 Å². The van der Waals surface area contributed by atoms with Crippen LogP contribution >= 0.6 is 0 Å². The largest absolute Gasteiger partial charge is 0.491 e. The second-order valence-electron chi connectivity index (χ2n) is 11.8. The van der Waals surface area contributed by atoms with Gasteiger partial charge in [0.1, 0.15) is 17.2 Å². The van der Waals surface area contributed by atoms with Crippen molar-refractivity contribution in [2.75, 3.05) is 5.32 Å². The fraction of sp³-hybridized carbons (Fsp3) is 0.194. The average molecular weight is 600 g/mol. The molecule has 9 heteroatoms. The number of nitrogens with one attached hydrogen (secondary N) is 1. The van der Waals surface area contributed by atoms with Crippen molar-refractivity contribution in [1.82, 2.24) is 4.90 Å². The summed E-state index contributed by atoms with van der Waals surface area (Å²) in [6.07, 6.45) is 3.62. The molecule has 1 spiro atoms. The maximum absolute atomic E-state index is 14.9. The Kier molecular flexibility index (Phi) is 6.62. The summed E-state index contributed by atoms with van der Waals surface area (Å²) >= 11 is 0. The molecule has 0 saturated carbocycles. The number of amides is 1. The molecule has 3 aliphatic rings. The van der Waals surface area contributed by atoms with Crippen molar-refractivity contribution in [3.63, 3.8) is 0 Å². The van der Waals surface area contributed by atoms with E-state index in [1.165, 1.54) is 24.3 Å². The van der Waals surface area contributed by atoms with Crippen LogP contribution in [0, 0.1) is 16.0 Å². The van der Waals surface area contributed by atoms with Crippen LogP contribution in [0.2, 0.25) is 0 Å². The Morgan fingerprint density at radius 3 is 2.40 bits per heavy atom. The number of anilines is 1. The Hall–Kier alpha value is -5.57. The molecule has 0 aromatic heterocycles. The zero-order valence-corrected chi connectivity index (χ0v) is 24.5. The number of ketones is 2. The van der Waals surface area contributed by atoms with Gasteiger partial charge in [-0.15, -0.1) is 0 Å². The van der Waals surface area contributed by atoms with Crippen molar-refractivity contribution in [3.8, 4) is 5.75 Å². The minimum atomic E-state index is -1.53. The van der Waals surface area contributed by atoms with E-state index < -0.39 is 40.0 Å². The summed E-state index contributed by atoms with van der Waals surface area (Å²) in [6, 6.07) is 25.3. The van der Waals surface area contributed by atoms with E-state index in [0.29, 0.717) is 22.6 Å². The standard InChI is InChI=1S/C36H29N3O6/c1-21(2)45-26-16-14-23(15-17-26)33(41)31-30(32(40)24-9-7-10-25(20-24)39(43)44)36(28-12-5-6-13-29(28)37-35(36)42)34-27-11-4-3-8-22(27)18-19-38(31)34/h3-21,30-31,34H,1-2H3,(H,37,42)/t30-,31-,34+,36+/m0/s1. The third kappa shape index (κ3) is 4.26. The van der Waals surface area contributed by atoms with Crippen molar-refractivity contribution >= 4 is 34.9 Å². The van der Waals surface area contributed by atoms with E-state index in [4.69, 9.17) is 4.74 Å². The first-order valence-electron chi connectivity index (χ1n) is 14.8. The summed E-state index contributed by atoms with van der Waals surface area (Å²) in [5.74, 6) is -1.91. The van der Waals surface area contributed by atoms with Gasteiger partial charge in [0.25, 0.3) is 5.69 Å². The summed E-state index contributed by atoms with van der Waals surface area (Å²) in [4.78, 5) is 57.1. The number of Topliss-reactive ketones (excluding diaryl/α,β-unsaturated/α-hetero) is 2. The minimum absolute atomic E-state index is 0.0568. The maximum atomic E-state index is 14.9. The number of nitrogens with zero attached hydrogens (tertiary/aromatic N) is 2. The van der Waals surface area contributed by atoms with Crippen molar-refractivity contribution in [1.29, 1.82) is 0 Å². The van der Waals surface area contributed by atoms with Gasteiger partial charge in [-0.25, -0.2) is 0 Å². The van der Waals surface area contributed by atoms with Gasteiger partial charge in [-0.3, -0.25) is 24.5 Å². The molecule has 0 bridgehead atoms. The molecule has 1 amide bonds. The quantitative estimate of drug-likeness (QED) is 0.149. The molecule has 1 N–H and O–H groups in total. The lowest BCUT2D eigenvalue weighted by Crippen LogP contribution is -2.49. The number of para-hydroxylation sites is 1. The smallest absolute Gasteiger partial charge is 0.270 e. The van der Waals surface area contributed by atoms with Gasteiger partial charge >= 0.3 is 0 Å². The SMILES string of the molecule is CC(C)Oc1ccc(C(=O)[C@@H]2[C@@H](C(=O)c3cccc([N+](=O)[O-])c3)[C@@]3(C(=O)Nc4ccccc43)[C@H]3c4ccccc4C=CN23)cc1. The lowest BCUT2D eigenvalue weighted by molar-refractivity contribution is -0.384. The van der Waals surface area contributed by atoms with Gasteiger partial charge in [0.15, 0.2) is 11.6 Å². The molecule has 4 aromatic carbocycles. The predicted molar refractivity (Wildman–Crippen MR) is 168 cm³/mol. The number of rotatable bonds is 7. The summed E-state index contributed by atoms with van der Waals surface area (Å²) in [7, 11) is 0. The monoisotopic (exact) mass is 599 g/mol. The fourth-order valence-corrected chi connectivity index (χ4v) is 7.26. The number of non-ortho nitro benzene ring substituents is 1. The summed E-state index contributed by atoms with van der Waals surface area (Å²) < 4.78 is 5.78. The number of ether oxygens (including phenoxy) is 1. The van der Waals surface area contributed by atoms with Crippen LogP contribution in [0.4, 0.5) is 11.4 Å². The first-order valence-corrected chi connectivity index (χ1v) is 14.8. The van der Waals surface area contributed by atoms with Gasteiger partial charge in [0.2, 0.25) is 5.91 Å². The topological polar surface area (TPSA) is 119 Å². The van der Waals surface area contributed by atoms with Gasteiger partial charge in [-0.2, -0.15) is 0 Å². The van der Waals surface area contributed by atoms with E-state index in [1.54, 1.807) is 42.6 Å². The number of fused-ring (bicyclic) bond motifs is 6. The van der Waals surface area contributed by atoms with Crippen molar-refractivity contribution in [2.24, 2.45) is 5.92 Å². The molecule has 1 saturated heterocycles. The molecule has 3 aliphatic heterocycles. The van der Waals surface area contributed by atoms with Gasteiger partial charge in [0.05, 0.1) is 23.0 Å². The van der Waals surface area contributed by atoms with E-state index in [0.717, 1.165) is 11.1 Å². The van der Waals surface area contributed by atoms with Gasteiger partial charge < -0.3 is 15.0 Å². The second kappa shape index (κ2) is 10.6. The highest BCUT2D eigenvalue weighted by Crippen LogP contribution is 2.62. The highest BCUT2D eigenvalue weighted by molar-refractivity contribution is 6.16. The molecule has 9 nitrogen and oxygen atoms in total. The molecule has 0 aliphatic carbocycles. The Morgan fingerprint density at radius 2 is 1.64 bits per heavy atom. The number of carbonyl (C=O) groups excluding carboxylic acids is 3. The van der Waals surface area contributed by atoms with Crippen LogP contribution in [0.1, 0.15) is 57.3 Å². The highest BCUT2D eigenvalue weighted by atomic mass is 16.6. The molecular weight excluding hydrogens is 570 g/mol. The summed E-state index contributed by atoms with van der Waals surface area (Å²) in [6.45, 7) is 3.82. The van der Waals surface area contributed by atoms with Gasteiger partial charge in [-0.1, -0.05) is 54.6 Å². The fourth-order valence-electron chi connectivity index (χ4n) is 7.26. The lowest BCUT2D eigenvalue weighted by Gasteiger charge is -2.38. The Balaban J connectivity index is 1.48. The number of benzene rings is 4. The van der Waals surface area contributed by atoms with Crippen LogP contribution in [0.25, 0.3) is 6.08 Å². The van der Waals surface area contributed by atoms with E-state index in [2.05, 4.69) is 5.32 Å². The van der Waals surface area contributed by atoms with Crippen LogP contribution in [0.3, 0.4) is 0 Å². The predicted octanol–water partition coefficient (Wildman–Crippen LogP) is 6.36. The third-order valence-electron chi connectivity index (χ3n) is 8.97. The lowest BCUT2D eigenvalue weighted by atomic mass is 9.62. The molecule has 0 radical (unpaired) electrons. The average Bonchev–Trinajstić information content (AvgIpc) is 3.52. The second-order valence-corrected chi connectivity index (χ2v) is 11.8. The molecule has 0 unspecified atom stereocenters. The van der Waals surface area contributed by atoms with E-state index in [1.807, 2.05) is 61.2 Å².